The highest BCUT2D eigenvalue weighted by Crippen LogP contribution is 2.12. The molecule has 0 aromatic carbocycles. The molecule has 0 aliphatic carbocycles. The van der Waals surface area contributed by atoms with E-state index in [1.165, 1.54) is 0 Å². The minimum Gasteiger partial charge on any atom is -0.361 e. The summed E-state index contributed by atoms with van der Waals surface area (Å²) in [6.07, 6.45) is 0.785. The van der Waals surface area contributed by atoms with Crippen LogP contribution in [0.5, 0.6) is 0 Å². The van der Waals surface area contributed by atoms with Gasteiger partial charge in [0.1, 0.15) is 5.76 Å². The van der Waals surface area contributed by atoms with Gasteiger partial charge in [-0.1, -0.05) is 5.16 Å². The van der Waals surface area contributed by atoms with Crippen LogP contribution in [0.2, 0.25) is 0 Å². The van der Waals surface area contributed by atoms with Crippen LogP contribution in [0.4, 0.5) is 0 Å². The highest BCUT2D eigenvalue weighted by molar-refractivity contribution is 5.79. The summed E-state index contributed by atoms with van der Waals surface area (Å²) in [5.41, 5.74) is 2.02. The van der Waals surface area contributed by atoms with Crippen molar-refractivity contribution in [3.63, 3.8) is 0 Å². The van der Waals surface area contributed by atoms with Gasteiger partial charge in [0.25, 0.3) is 0 Å². The predicted molar refractivity (Wildman–Crippen MR) is 59.1 cm³/mol. The molecule has 1 saturated heterocycles. The Hall–Kier alpha value is -1.36. The molecule has 88 valence electrons. The molecule has 0 spiro atoms. The largest absolute Gasteiger partial charge is 0.361 e. The first-order chi connectivity index (χ1) is 7.68. The topological polar surface area (TPSA) is 67.2 Å². The molecular weight excluding hydrogens is 206 g/mol. The molecule has 0 atom stereocenters. The predicted octanol–water partition coefficient (Wildman–Crippen LogP) is 0.170. The van der Waals surface area contributed by atoms with E-state index in [1.54, 1.807) is 0 Å². The highest BCUT2D eigenvalue weighted by atomic mass is 16.5. The number of aromatic nitrogens is 1. The lowest BCUT2D eigenvalue weighted by molar-refractivity contribution is -0.126. The summed E-state index contributed by atoms with van der Waals surface area (Å²) in [6.45, 7) is 6.07. The number of hydrogen-bond acceptors (Lipinski definition) is 4. The molecule has 0 bridgehead atoms. The Bertz CT molecular complexity index is 363. The molecule has 1 aromatic heterocycles. The van der Waals surface area contributed by atoms with Crippen molar-refractivity contribution in [3.8, 4) is 0 Å². The summed E-state index contributed by atoms with van der Waals surface area (Å²) in [6, 6.07) is 0. The average molecular weight is 223 g/mol. The number of carbonyl (C=O) groups is 1. The third-order valence-electron chi connectivity index (χ3n) is 3.01. The normalized spacial score (nSPS) is 15.9. The first-order valence-corrected chi connectivity index (χ1v) is 5.58. The second-order valence-corrected chi connectivity index (χ2v) is 4.20. The van der Waals surface area contributed by atoms with Gasteiger partial charge in [-0.15, -0.1) is 0 Å². The minimum absolute atomic E-state index is 0.144. The molecule has 0 unspecified atom stereocenters. The van der Waals surface area contributed by atoms with E-state index in [0.29, 0.717) is 6.54 Å². The van der Waals surface area contributed by atoms with E-state index >= 15 is 0 Å². The van der Waals surface area contributed by atoms with Gasteiger partial charge in [-0.3, -0.25) is 4.79 Å². The highest BCUT2D eigenvalue weighted by Gasteiger charge is 2.24. The maximum absolute atomic E-state index is 11.5. The maximum Gasteiger partial charge on any atom is 0.225 e. The Balaban J connectivity index is 1.77. The van der Waals surface area contributed by atoms with Crippen LogP contribution in [0.3, 0.4) is 0 Å². The van der Waals surface area contributed by atoms with Crippen LogP contribution < -0.4 is 10.6 Å². The fraction of sp³-hybridized carbons (Fsp3) is 0.636. The van der Waals surface area contributed by atoms with Crippen molar-refractivity contribution in [1.29, 1.82) is 0 Å². The lowest BCUT2D eigenvalue weighted by Gasteiger charge is -2.25. The number of aryl methyl sites for hydroxylation is 2. The Morgan fingerprint density at radius 2 is 2.31 bits per heavy atom. The first kappa shape index (κ1) is 11.1. The van der Waals surface area contributed by atoms with Gasteiger partial charge >= 0.3 is 0 Å². The Labute approximate surface area is 94.6 Å². The summed E-state index contributed by atoms with van der Waals surface area (Å²) < 4.78 is 5.06. The molecule has 2 N–H and O–H groups in total. The molecule has 1 aliphatic rings. The Morgan fingerprint density at radius 1 is 1.56 bits per heavy atom. The molecule has 5 nitrogen and oxygen atoms in total. The first-order valence-electron chi connectivity index (χ1n) is 5.58. The van der Waals surface area contributed by atoms with Crippen molar-refractivity contribution >= 4 is 5.91 Å². The molecule has 16 heavy (non-hydrogen) atoms. The number of amides is 1. The summed E-state index contributed by atoms with van der Waals surface area (Å²) in [5, 5.41) is 9.89. The number of carbonyl (C=O) groups excluding carboxylic acids is 1. The van der Waals surface area contributed by atoms with Crippen LogP contribution >= 0.6 is 0 Å². The van der Waals surface area contributed by atoms with Crippen molar-refractivity contribution in [2.24, 2.45) is 5.92 Å². The molecule has 1 fully saturated rings. The Kier molecular flexibility index (Phi) is 3.24. The van der Waals surface area contributed by atoms with E-state index < -0.39 is 0 Å². The second-order valence-electron chi connectivity index (χ2n) is 4.20. The standard InChI is InChI=1S/C11H17N3O2/c1-7-10(8(2)16-14-7)3-4-13-11(15)9-5-12-6-9/h9,12H,3-6H2,1-2H3,(H,13,15). The van der Waals surface area contributed by atoms with Crippen LogP contribution in [0.1, 0.15) is 17.0 Å². The van der Waals surface area contributed by atoms with Gasteiger partial charge in [-0.25, -0.2) is 0 Å². The van der Waals surface area contributed by atoms with E-state index in [0.717, 1.165) is 36.5 Å². The minimum atomic E-state index is 0.144. The van der Waals surface area contributed by atoms with Crippen LogP contribution in [-0.4, -0.2) is 30.7 Å². The van der Waals surface area contributed by atoms with Crippen molar-refractivity contribution < 1.29 is 9.32 Å². The van der Waals surface area contributed by atoms with E-state index in [4.69, 9.17) is 4.52 Å². The summed E-state index contributed by atoms with van der Waals surface area (Å²) in [5.74, 6) is 1.15. The van der Waals surface area contributed by atoms with E-state index in [-0.39, 0.29) is 11.8 Å². The summed E-state index contributed by atoms with van der Waals surface area (Å²) in [4.78, 5) is 11.5. The van der Waals surface area contributed by atoms with Crippen LogP contribution in [0, 0.1) is 19.8 Å². The lowest BCUT2D eigenvalue weighted by Crippen LogP contribution is -2.51. The van der Waals surface area contributed by atoms with Crippen LogP contribution in [-0.2, 0) is 11.2 Å². The number of nitrogens with one attached hydrogen (secondary N) is 2. The zero-order valence-corrected chi connectivity index (χ0v) is 9.67. The van der Waals surface area contributed by atoms with Gasteiger partial charge in [0, 0.05) is 25.2 Å². The van der Waals surface area contributed by atoms with Crippen LogP contribution in [0.15, 0.2) is 4.52 Å². The molecular formula is C11H17N3O2. The Morgan fingerprint density at radius 3 is 2.81 bits per heavy atom. The third-order valence-corrected chi connectivity index (χ3v) is 3.01. The summed E-state index contributed by atoms with van der Waals surface area (Å²) >= 11 is 0. The molecule has 5 heteroatoms. The molecule has 1 aliphatic heterocycles. The van der Waals surface area contributed by atoms with E-state index in [9.17, 15) is 4.79 Å². The van der Waals surface area contributed by atoms with E-state index in [2.05, 4.69) is 15.8 Å². The van der Waals surface area contributed by atoms with Gasteiger partial charge in [0.15, 0.2) is 0 Å². The monoisotopic (exact) mass is 223 g/mol. The number of hydrogen-bond donors (Lipinski definition) is 2. The fourth-order valence-electron chi connectivity index (χ4n) is 1.79. The SMILES string of the molecule is Cc1noc(C)c1CCNC(=O)C1CNC1. The van der Waals surface area contributed by atoms with Gasteiger partial charge in [-0.05, 0) is 20.3 Å². The zero-order chi connectivity index (χ0) is 11.5. The van der Waals surface area contributed by atoms with Crippen molar-refractivity contribution in [2.45, 2.75) is 20.3 Å². The van der Waals surface area contributed by atoms with Gasteiger partial charge in [0.05, 0.1) is 11.6 Å². The third kappa shape index (κ3) is 2.24. The van der Waals surface area contributed by atoms with Crippen molar-refractivity contribution in [3.05, 3.63) is 17.0 Å². The number of nitrogens with zero attached hydrogens (tertiary/aromatic N) is 1. The van der Waals surface area contributed by atoms with Gasteiger partial charge in [-0.2, -0.15) is 0 Å². The fourth-order valence-corrected chi connectivity index (χ4v) is 1.79. The smallest absolute Gasteiger partial charge is 0.225 e. The molecule has 2 heterocycles. The van der Waals surface area contributed by atoms with Crippen molar-refractivity contribution in [1.82, 2.24) is 15.8 Å². The zero-order valence-electron chi connectivity index (χ0n) is 9.67. The molecule has 2 rings (SSSR count). The molecule has 0 saturated carbocycles. The lowest BCUT2D eigenvalue weighted by atomic mass is 10.0. The molecule has 1 aromatic rings. The van der Waals surface area contributed by atoms with Gasteiger partial charge in [0.2, 0.25) is 5.91 Å². The second kappa shape index (κ2) is 4.65. The quantitative estimate of drug-likeness (QED) is 0.763. The molecule has 0 radical (unpaired) electrons. The summed E-state index contributed by atoms with van der Waals surface area (Å²) in [7, 11) is 0. The van der Waals surface area contributed by atoms with Crippen molar-refractivity contribution in [2.75, 3.05) is 19.6 Å². The van der Waals surface area contributed by atoms with E-state index in [1.807, 2.05) is 13.8 Å². The van der Waals surface area contributed by atoms with Crippen LogP contribution in [0.25, 0.3) is 0 Å². The number of rotatable bonds is 4. The average Bonchev–Trinajstić information content (AvgIpc) is 2.46. The maximum atomic E-state index is 11.5. The van der Waals surface area contributed by atoms with Gasteiger partial charge < -0.3 is 15.2 Å². The molecule has 1 amide bonds.